The van der Waals surface area contributed by atoms with Gasteiger partial charge in [0.15, 0.2) is 0 Å². The minimum absolute atomic E-state index is 0.0415. The summed E-state index contributed by atoms with van der Waals surface area (Å²) in [7, 11) is 0. The number of carbonyl (C=O) groups is 1. The smallest absolute Gasteiger partial charge is 0.244 e. The number of hydrogen-bond donors (Lipinski definition) is 1. The normalized spacial score (nSPS) is 23.9. The zero-order valence-electron chi connectivity index (χ0n) is 14.5. The largest absolute Gasteiger partial charge is 0.371 e. The second-order valence-electron chi connectivity index (χ2n) is 7.08. The maximum atomic E-state index is 11.9. The van der Waals surface area contributed by atoms with Crippen LogP contribution in [0, 0.1) is 17.8 Å². The lowest BCUT2D eigenvalue weighted by Crippen LogP contribution is -2.26. The highest BCUT2D eigenvalue weighted by Gasteiger charge is 2.54. The number of fused-ring (bicyclic) bond motifs is 1. The highest BCUT2D eigenvalue weighted by molar-refractivity contribution is 6.30. The molecule has 2 aromatic rings. The number of nitrogens with one attached hydrogen (secondary N) is 1. The van der Waals surface area contributed by atoms with Crippen LogP contribution in [0.3, 0.4) is 0 Å². The summed E-state index contributed by atoms with van der Waals surface area (Å²) in [6.07, 6.45) is 7.88. The monoisotopic (exact) mass is 367 g/mol. The van der Waals surface area contributed by atoms with Crippen LogP contribution in [0.1, 0.15) is 12.0 Å². The Morgan fingerprint density at radius 1 is 1.27 bits per heavy atom. The Labute approximate surface area is 158 Å². The number of halogens is 1. The number of anilines is 1. The lowest BCUT2D eigenvalue weighted by atomic mass is 10.2. The summed E-state index contributed by atoms with van der Waals surface area (Å²) in [5, 5.41) is 3.78. The van der Waals surface area contributed by atoms with E-state index in [0.717, 1.165) is 54.4 Å². The standard InChI is InChI=1S/C21H22ClN3O/c22-16-4-1-5-17(11-16)25-13-19-18(20(19)14-25)8-10-24-21(26)7-6-15-3-2-9-23-12-15/h1-7,9,11-12,18-20H,8,10,13-14H2,(H,24,26)/b7-6+/t18?,19-,20+. The fourth-order valence-corrected chi connectivity index (χ4v) is 4.21. The molecular weight excluding hydrogens is 346 g/mol. The van der Waals surface area contributed by atoms with Gasteiger partial charge >= 0.3 is 0 Å². The number of pyridine rings is 1. The van der Waals surface area contributed by atoms with Gasteiger partial charge in [-0.15, -0.1) is 0 Å². The molecule has 1 N–H and O–H groups in total. The van der Waals surface area contributed by atoms with E-state index in [2.05, 4.69) is 21.3 Å². The molecule has 2 fully saturated rings. The lowest BCUT2D eigenvalue weighted by Gasteiger charge is -2.22. The molecule has 1 aromatic carbocycles. The molecule has 1 amide bonds. The molecule has 1 saturated heterocycles. The van der Waals surface area contributed by atoms with Gasteiger partial charge in [-0.1, -0.05) is 23.7 Å². The third-order valence-electron chi connectivity index (χ3n) is 5.43. The van der Waals surface area contributed by atoms with Crippen molar-refractivity contribution < 1.29 is 4.79 Å². The fraction of sp³-hybridized carbons (Fsp3) is 0.333. The maximum Gasteiger partial charge on any atom is 0.244 e. The van der Waals surface area contributed by atoms with Crippen molar-refractivity contribution in [3.8, 4) is 0 Å². The van der Waals surface area contributed by atoms with E-state index in [0.29, 0.717) is 0 Å². The molecule has 0 spiro atoms. The number of carbonyl (C=O) groups excluding carboxylic acids is 1. The first-order chi connectivity index (χ1) is 12.7. The number of piperidine rings is 1. The molecule has 5 heteroatoms. The minimum atomic E-state index is -0.0415. The van der Waals surface area contributed by atoms with Gasteiger partial charge in [0, 0.05) is 48.8 Å². The lowest BCUT2D eigenvalue weighted by molar-refractivity contribution is -0.116. The summed E-state index contributed by atoms with van der Waals surface area (Å²) < 4.78 is 0. The molecule has 0 radical (unpaired) electrons. The highest BCUT2D eigenvalue weighted by atomic mass is 35.5. The summed E-state index contributed by atoms with van der Waals surface area (Å²) in [4.78, 5) is 18.3. The molecule has 1 aromatic heterocycles. The molecule has 4 rings (SSSR count). The molecule has 1 unspecified atom stereocenters. The van der Waals surface area contributed by atoms with Gasteiger partial charge in [-0.2, -0.15) is 0 Å². The molecule has 1 aliphatic heterocycles. The SMILES string of the molecule is O=C(/C=C/c1cccnc1)NCCC1[C@H]2CN(c3cccc(Cl)c3)C[C@@H]12. The molecule has 1 aliphatic carbocycles. The molecule has 1 saturated carbocycles. The van der Waals surface area contributed by atoms with Crippen LogP contribution in [0.15, 0.2) is 54.9 Å². The predicted molar refractivity (Wildman–Crippen MR) is 105 cm³/mol. The highest BCUT2D eigenvalue weighted by Crippen LogP contribution is 2.54. The number of hydrogen-bond acceptors (Lipinski definition) is 3. The summed E-state index contributed by atoms with van der Waals surface area (Å²) in [6.45, 7) is 2.94. The van der Waals surface area contributed by atoms with Gasteiger partial charge in [0.2, 0.25) is 5.91 Å². The van der Waals surface area contributed by atoms with Crippen molar-refractivity contribution >= 4 is 29.3 Å². The summed E-state index contributed by atoms with van der Waals surface area (Å²) in [5.74, 6) is 2.22. The van der Waals surface area contributed by atoms with Crippen LogP contribution in [0.25, 0.3) is 6.08 Å². The average molecular weight is 368 g/mol. The van der Waals surface area contributed by atoms with Crippen LogP contribution < -0.4 is 10.2 Å². The zero-order valence-corrected chi connectivity index (χ0v) is 15.3. The molecule has 2 aliphatic rings. The van der Waals surface area contributed by atoms with Crippen molar-refractivity contribution in [1.29, 1.82) is 0 Å². The van der Waals surface area contributed by atoms with Crippen molar-refractivity contribution in [2.75, 3.05) is 24.5 Å². The number of benzene rings is 1. The van der Waals surface area contributed by atoms with E-state index in [-0.39, 0.29) is 5.91 Å². The van der Waals surface area contributed by atoms with E-state index in [1.54, 1.807) is 24.5 Å². The number of nitrogens with zero attached hydrogens (tertiary/aromatic N) is 2. The van der Waals surface area contributed by atoms with Crippen LogP contribution in [-0.4, -0.2) is 30.5 Å². The van der Waals surface area contributed by atoms with Crippen LogP contribution in [0.5, 0.6) is 0 Å². The van der Waals surface area contributed by atoms with Gasteiger partial charge in [-0.25, -0.2) is 0 Å². The molecule has 0 bridgehead atoms. The third kappa shape index (κ3) is 3.91. The molecule has 3 atom stereocenters. The molecular formula is C21H22ClN3O. The third-order valence-corrected chi connectivity index (χ3v) is 5.67. The van der Waals surface area contributed by atoms with Crippen molar-refractivity contribution in [2.24, 2.45) is 17.8 Å². The first-order valence-electron chi connectivity index (χ1n) is 9.07. The number of rotatable bonds is 6. The van der Waals surface area contributed by atoms with Crippen molar-refractivity contribution in [3.05, 3.63) is 65.5 Å². The second-order valence-corrected chi connectivity index (χ2v) is 7.51. The van der Waals surface area contributed by atoms with Gasteiger partial charge in [0.25, 0.3) is 0 Å². The van der Waals surface area contributed by atoms with Gasteiger partial charge < -0.3 is 10.2 Å². The molecule has 134 valence electrons. The van der Waals surface area contributed by atoms with Crippen molar-refractivity contribution in [1.82, 2.24) is 10.3 Å². The maximum absolute atomic E-state index is 11.9. The number of aromatic nitrogens is 1. The topological polar surface area (TPSA) is 45.2 Å². The Morgan fingerprint density at radius 2 is 2.12 bits per heavy atom. The Kier molecular flexibility index (Phi) is 4.93. The Balaban J connectivity index is 1.18. The molecule has 2 heterocycles. The predicted octanol–water partition coefficient (Wildman–Crippen LogP) is 3.64. The minimum Gasteiger partial charge on any atom is -0.371 e. The summed E-state index contributed by atoms with van der Waals surface area (Å²) >= 11 is 6.09. The van der Waals surface area contributed by atoms with Gasteiger partial charge in [0.05, 0.1) is 0 Å². The van der Waals surface area contributed by atoms with E-state index in [9.17, 15) is 4.79 Å². The van der Waals surface area contributed by atoms with Gasteiger partial charge in [0.1, 0.15) is 0 Å². The van der Waals surface area contributed by atoms with E-state index in [4.69, 9.17) is 11.6 Å². The Morgan fingerprint density at radius 3 is 2.85 bits per heavy atom. The van der Waals surface area contributed by atoms with Gasteiger partial charge in [-0.3, -0.25) is 9.78 Å². The summed E-state index contributed by atoms with van der Waals surface area (Å²) in [6, 6.07) is 11.9. The first kappa shape index (κ1) is 17.1. The van der Waals surface area contributed by atoms with Crippen molar-refractivity contribution in [2.45, 2.75) is 6.42 Å². The van der Waals surface area contributed by atoms with Crippen LogP contribution in [-0.2, 0) is 4.79 Å². The van der Waals surface area contributed by atoms with E-state index in [1.165, 1.54) is 5.69 Å². The van der Waals surface area contributed by atoms with Crippen molar-refractivity contribution in [3.63, 3.8) is 0 Å². The van der Waals surface area contributed by atoms with Gasteiger partial charge in [-0.05, 0) is 60.1 Å². The van der Waals surface area contributed by atoms with Crippen LogP contribution in [0.2, 0.25) is 5.02 Å². The molecule has 4 nitrogen and oxygen atoms in total. The average Bonchev–Trinajstić information content (AvgIpc) is 3.10. The van der Waals surface area contributed by atoms with E-state index in [1.807, 2.05) is 30.3 Å². The van der Waals surface area contributed by atoms with Crippen LogP contribution >= 0.6 is 11.6 Å². The van der Waals surface area contributed by atoms with E-state index < -0.39 is 0 Å². The van der Waals surface area contributed by atoms with Crippen LogP contribution in [0.4, 0.5) is 5.69 Å². The zero-order chi connectivity index (χ0) is 17.9. The Hall–Kier alpha value is -2.33. The summed E-state index contributed by atoms with van der Waals surface area (Å²) in [5.41, 5.74) is 2.15. The number of amides is 1. The quantitative estimate of drug-likeness (QED) is 0.793. The molecule has 26 heavy (non-hydrogen) atoms. The second kappa shape index (κ2) is 7.50. The Bertz CT molecular complexity index is 796. The first-order valence-corrected chi connectivity index (χ1v) is 9.45. The van der Waals surface area contributed by atoms with E-state index >= 15 is 0 Å². The fourth-order valence-electron chi connectivity index (χ4n) is 4.03.